The number of aromatic nitrogens is 1. The van der Waals surface area contributed by atoms with Gasteiger partial charge in [-0.15, -0.1) is 0 Å². The van der Waals surface area contributed by atoms with E-state index in [4.69, 9.17) is 36.7 Å². The number of aryl methyl sites for hydroxylation is 9. The maximum absolute atomic E-state index is 11.8. The number of carbonyl (C=O) groups is 5. The summed E-state index contributed by atoms with van der Waals surface area (Å²) in [6, 6.07) is 62.0. The highest BCUT2D eigenvalue weighted by Gasteiger charge is 2.38. The molecule has 14 nitrogen and oxygen atoms in total. The van der Waals surface area contributed by atoms with Crippen molar-refractivity contribution < 1.29 is 43.4 Å². The number of benzene rings is 8. The normalized spacial score (nSPS) is 11.9. The zero-order valence-corrected chi connectivity index (χ0v) is 86.1. The first kappa shape index (κ1) is 116. The van der Waals surface area contributed by atoms with Crippen molar-refractivity contribution in [1.82, 2.24) is 5.16 Å². The van der Waals surface area contributed by atoms with Gasteiger partial charge in [-0.05, 0) is 289 Å². The number of amides is 4. The third-order valence-electron chi connectivity index (χ3n) is 22.3. The number of nitrogens with one attached hydrogen (secondary N) is 1. The number of rotatable bonds is 31. The van der Waals surface area contributed by atoms with Gasteiger partial charge in [0.15, 0.2) is 5.76 Å². The quantitative estimate of drug-likeness (QED) is 0.0240. The monoisotopic (exact) mass is 1780 g/mol. The molecule has 0 spiro atoms. The molecule has 0 aliphatic heterocycles. The molecule has 130 heavy (non-hydrogen) atoms. The van der Waals surface area contributed by atoms with E-state index in [0.717, 1.165) is 65.7 Å². The molecule has 1 heterocycles. The van der Waals surface area contributed by atoms with Crippen LogP contribution >= 0.6 is 0 Å². The van der Waals surface area contributed by atoms with E-state index in [0.29, 0.717) is 59.2 Å². The van der Waals surface area contributed by atoms with Gasteiger partial charge in [-0.1, -0.05) is 336 Å². The Morgan fingerprint density at radius 2 is 0.931 bits per heavy atom. The molecule has 0 fully saturated rings. The fourth-order valence-corrected chi connectivity index (χ4v) is 14.2. The van der Waals surface area contributed by atoms with Crippen LogP contribution in [0.25, 0.3) is 0 Å². The number of aliphatic hydroxyl groups excluding tert-OH is 2. The average Bonchev–Trinajstić information content (AvgIpc) is 1.60. The number of fused-ring (bicyclic) bond motifs is 1. The molecule has 9 aromatic rings. The molecule has 14 heteroatoms. The molecule has 0 saturated carbocycles. The molecule has 716 valence electrons. The summed E-state index contributed by atoms with van der Waals surface area (Å²) in [5, 5.41) is 23.9. The maximum atomic E-state index is 11.8. The smallest absolute Gasteiger partial charge is 0.267 e. The molecule has 0 saturated heterocycles. The Morgan fingerprint density at radius 3 is 1.36 bits per heavy atom. The van der Waals surface area contributed by atoms with Crippen LogP contribution in [0.2, 0.25) is 0 Å². The van der Waals surface area contributed by atoms with Gasteiger partial charge in [0.1, 0.15) is 24.6 Å². The number of nitrogens with two attached hydrogens (primary N) is 3. The molecule has 1 aliphatic carbocycles. The molecule has 0 radical (unpaired) electrons. The summed E-state index contributed by atoms with van der Waals surface area (Å²) in [6.07, 6.45) is 16.7. The predicted octanol–water partition coefficient (Wildman–Crippen LogP) is 26.9. The first-order chi connectivity index (χ1) is 60.8. The number of nitrogens with zero attached hydrogens (tertiary/aromatic N) is 1. The van der Waals surface area contributed by atoms with Crippen molar-refractivity contribution in [2.45, 2.75) is 326 Å². The Morgan fingerprint density at radius 1 is 0.469 bits per heavy atom. The molecule has 9 N–H and O–H groups in total. The maximum Gasteiger partial charge on any atom is 0.267 e. The SMILES string of the molecule is CC(C)CCc1ccc(C(C)(C)C)cc1.CC(C)Cc1cc(C(N)=O)cc(C(N)=O)c1.CC(C)Cc1ccc(C(C)(C)C)c(NC(=O)CO)c1.CC(C)Cc1onc(OCCO)c1C(N)=O.CC(C)c1ccc2c(c1)CC(=O)C2(C)C.CCc1ccc(CCC(C)C)cc1.Cc1ccc(CCC(C)C)cc1.Cc1cccc(CCC(C)C)c1.Cc1ccccc1CCC(C)C. The van der Waals surface area contributed by atoms with E-state index in [2.05, 4.69) is 342 Å². The number of hydrogen-bond donors (Lipinski definition) is 6. The Kier molecular flexibility index (Phi) is 53.3. The lowest BCUT2D eigenvalue weighted by atomic mass is 9.84. The zero-order valence-electron chi connectivity index (χ0n) is 86.1. The van der Waals surface area contributed by atoms with Crippen LogP contribution in [-0.2, 0) is 90.0 Å². The van der Waals surface area contributed by atoms with Crippen LogP contribution < -0.4 is 27.3 Å². The third kappa shape index (κ3) is 47.4. The highest BCUT2D eigenvalue weighted by molar-refractivity contribution is 5.99. The summed E-state index contributed by atoms with van der Waals surface area (Å²) >= 11 is 0. The van der Waals surface area contributed by atoms with Crippen molar-refractivity contribution in [2.75, 3.05) is 25.1 Å². The largest absolute Gasteiger partial charge is 0.472 e. The minimum atomic E-state index is -0.634. The van der Waals surface area contributed by atoms with Crippen LogP contribution in [0.5, 0.6) is 5.88 Å². The van der Waals surface area contributed by atoms with Crippen LogP contribution in [0, 0.1) is 68.1 Å². The molecule has 0 unspecified atom stereocenters. The van der Waals surface area contributed by atoms with Crippen molar-refractivity contribution in [3.8, 4) is 5.88 Å². The topological polar surface area (TPSA) is 251 Å². The number of ketones is 1. The number of anilines is 1. The minimum absolute atomic E-state index is 0.0472. The van der Waals surface area contributed by atoms with Crippen molar-refractivity contribution in [2.24, 2.45) is 64.5 Å². The van der Waals surface area contributed by atoms with Gasteiger partial charge in [0, 0.05) is 35.1 Å². The number of aliphatic hydroxyl groups is 2. The van der Waals surface area contributed by atoms with E-state index in [-0.39, 0.29) is 46.8 Å². The van der Waals surface area contributed by atoms with Gasteiger partial charge >= 0.3 is 0 Å². The second kappa shape index (κ2) is 59.6. The van der Waals surface area contributed by atoms with Gasteiger partial charge in [0.25, 0.3) is 11.8 Å². The number of primary amides is 3. The van der Waals surface area contributed by atoms with Crippen LogP contribution in [0.4, 0.5) is 5.69 Å². The predicted molar refractivity (Wildman–Crippen MR) is 550 cm³/mol. The summed E-state index contributed by atoms with van der Waals surface area (Å²) in [7, 11) is 0. The Bertz CT molecular complexity index is 4720. The fraction of sp³-hybridized carbons (Fsp3) is 0.517. The first-order valence-corrected chi connectivity index (χ1v) is 48.1. The summed E-state index contributed by atoms with van der Waals surface area (Å²) in [6.45, 7) is 64.8. The fourth-order valence-electron chi connectivity index (χ4n) is 14.2. The van der Waals surface area contributed by atoms with E-state index in [1.165, 1.54) is 148 Å². The summed E-state index contributed by atoms with van der Waals surface area (Å²) < 4.78 is 10.1. The Balaban J connectivity index is 0.000000497. The van der Waals surface area contributed by atoms with Crippen LogP contribution in [-0.4, -0.2) is 64.6 Å². The molecule has 4 amide bonds. The van der Waals surface area contributed by atoms with E-state index >= 15 is 0 Å². The number of ether oxygens (including phenoxy) is 1. The van der Waals surface area contributed by atoms with E-state index in [1.54, 1.807) is 12.1 Å². The average molecular weight is 1780 g/mol. The Hall–Kier alpha value is -9.76. The summed E-state index contributed by atoms with van der Waals surface area (Å²) in [5.74, 6) is 4.63. The Labute approximate surface area is 788 Å². The summed E-state index contributed by atoms with van der Waals surface area (Å²) in [5.41, 5.74) is 38.6. The lowest BCUT2D eigenvalue weighted by Crippen LogP contribution is -2.23. The number of carbonyl (C=O) groups excluding carboxylic acids is 5. The van der Waals surface area contributed by atoms with Gasteiger partial charge < -0.3 is 42.0 Å². The second-order valence-corrected chi connectivity index (χ2v) is 41.5. The summed E-state index contributed by atoms with van der Waals surface area (Å²) in [4.78, 5) is 56.7. The highest BCUT2D eigenvalue weighted by Crippen LogP contribution is 2.38. The van der Waals surface area contributed by atoms with Crippen LogP contribution in [0.15, 0.2) is 180 Å². The number of Topliss-reactive ketones (excluding diaryl/α,β-unsaturated/α-hetero) is 1. The molecule has 0 atom stereocenters. The van der Waals surface area contributed by atoms with Crippen molar-refractivity contribution >= 4 is 35.1 Å². The molecule has 1 aromatic heterocycles. The van der Waals surface area contributed by atoms with Crippen molar-refractivity contribution in [1.29, 1.82) is 0 Å². The van der Waals surface area contributed by atoms with Gasteiger partial charge in [0.2, 0.25) is 17.7 Å². The standard InChI is InChI=1S/C16H25NO2.C15H24.C14H18O.C13H20.C12H16N2O2.3C12H18.C10H16N2O4/c1-11(2)8-12-6-7-13(16(3,4)5)14(9-12)17-15(19)10-18;1-12(2)6-7-13-8-10-14(11-9-13)15(3,4)5;1-9(2)10-5-6-12-11(7-10)8-13(15)14(12,3)4;1-4-12-7-9-13(10-8-12)6-5-11(2)3;1-7(2)3-8-4-9(11(13)15)6-10(5-8)12(14)16;1-10(2)4-7-12-8-5-11(3)6-9-12;1-10(2)7-8-12-6-4-5-11(3)9-12;1-10(2)8-9-12-7-5-4-6-11(12)3;1-6(2)5-7-8(9(11)14)10(12-16-7)15-4-3-13/h6-7,9,11,18H,8,10H2,1-5H3,(H,17,19);8-12H,6-7H2,1-5H3;5-7,9H,8H2,1-4H3;7-11H,4-6H2,1-3H3;4-7H,3H2,1-2H3,(H2,13,15)(H2,14,16);5-6,8-10H,4,7H2,1-3H3;4-6,9-10H,7-8H2,1-3H3;4-7,10H,8-9H2,1-3H3;6,13H,3-5H2,1-2H3,(H2,11,14). The van der Waals surface area contributed by atoms with E-state index in [9.17, 15) is 24.0 Å². The van der Waals surface area contributed by atoms with Gasteiger partial charge in [-0.2, -0.15) is 0 Å². The van der Waals surface area contributed by atoms with Crippen LogP contribution in [0.3, 0.4) is 0 Å². The highest BCUT2D eigenvalue weighted by atomic mass is 16.5. The van der Waals surface area contributed by atoms with E-state index < -0.39 is 24.3 Å². The molecular formula is C116H173N5O9. The first-order valence-electron chi connectivity index (χ1n) is 48.1. The van der Waals surface area contributed by atoms with E-state index in [1.807, 2.05) is 33.8 Å². The molecule has 1 aliphatic rings. The third-order valence-corrected chi connectivity index (χ3v) is 22.3. The number of hydrogen-bond acceptors (Lipinski definition) is 10. The molecular weight excluding hydrogens is 1610 g/mol. The van der Waals surface area contributed by atoms with Gasteiger partial charge in [-0.25, -0.2) is 0 Å². The molecule has 0 bridgehead atoms. The van der Waals surface area contributed by atoms with Crippen molar-refractivity contribution in [3.63, 3.8) is 0 Å². The van der Waals surface area contributed by atoms with Crippen LogP contribution in [0.1, 0.15) is 351 Å². The lowest BCUT2D eigenvalue weighted by molar-refractivity contribution is -0.121. The van der Waals surface area contributed by atoms with Crippen molar-refractivity contribution in [3.05, 3.63) is 287 Å². The molecule has 8 aromatic carbocycles. The lowest BCUT2D eigenvalue weighted by Gasteiger charge is -2.24. The molecule has 10 rings (SSSR count). The second-order valence-electron chi connectivity index (χ2n) is 41.5. The minimum Gasteiger partial charge on any atom is -0.472 e. The van der Waals surface area contributed by atoms with Gasteiger partial charge in [-0.3, -0.25) is 24.0 Å². The van der Waals surface area contributed by atoms with Gasteiger partial charge in [0.05, 0.1) is 6.61 Å². The zero-order chi connectivity index (χ0) is 98.3.